The van der Waals surface area contributed by atoms with Crippen LogP contribution in [0.4, 0.5) is 0 Å². The Morgan fingerprint density at radius 2 is 1.81 bits per heavy atom. The average molecular weight is 554 g/mol. The number of nitrogens with zero attached hydrogens (tertiary/aromatic N) is 3. The quantitative estimate of drug-likeness (QED) is 0.206. The lowest BCUT2D eigenvalue weighted by molar-refractivity contribution is 0.0263. The molecule has 32 heavy (non-hydrogen) atoms. The summed E-state index contributed by atoms with van der Waals surface area (Å²) in [5.74, 6) is 2.39. The van der Waals surface area contributed by atoms with Crippen molar-refractivity contribution in [1.82, 2.24) is 15.2 Å². The minimum Gasteiger partial charge on any atom is -0.490 e. The zero-order chi connectivity index (χ0) is 21.7. The van der Waals surface area contributed by atoms with Gasteiger partial charge in [-0.15, -0.1) is 24.0 Å². The number of hydrogen-bond donors (Lipinski definition) is 1. The van der Waals surface area contributed by atoms with Crippen molar-refractivity contribution in [1.29, 1.82) is 0 Å². The fourth-order valence-corrected chi connectivity index (χ4v) is 3.47. The highest BCUT2D eigenvalue weighted by atomic mass is 127. The van der Waals surface area contributed by atoms with E-state index < -0.39 is 0 Å². The molecular formula is C24H35IN4O3. The van der Waals surface area contributed by atoms with E-state index in [4.69, 9.17) is 19.2 Å². The number of nitrogens with one attached hydrogen (secondary N) is 1. The lowest BCUT2D eigenvalue weighted by atomic mass is 10.1. The molecule has 1 saturated heterocycles. The molecule has 0 aliphatic carbocycles. The van der Waals surface area contributed by atoms with Crippen LogP contribution >= 0.6 is 24.0 Å². The van der Waals surface area contributed by atoms with Crippen molar-refractivity contribution in [3.63, 3.8) is 0 Å². The van der Waals surface area contributed by atoms with E-state index >= 15 is 0 Å². The largest absolute Gasteiger partial charge is 0.490 e. The first-order chi connectivity index (χ1) is 15.3. The maximum atomic E-state index is 5.75. The van der Waals surface area contributed by atoms with E-state index in [0.717, 1.165) is 56.4 Å². The predicted octanol–water partition coefficient (Wildman–Crippen LogP) is 4.12. The van der Waals surface area contributed by atoms with Crippen molar-refractivity contribution in [3.8, 4) is 11.6 Å². The lowest BCUT2D eigenvalue weighted by Crippen LogP contribution is -2.47. The fourth-order valence-electron chi connectivity index (χ4n) is 3.47. The molecule has 0 saturated carbocycles. The Hall–Kier alpha value is -2.07. The highest BCUT2D eigenvalue weighted by Gasteiger charge is 2.21. The number of pyridine rings is 1. The van der Waals surface area contributed by atoms with E-state index in [9.17, 15) is 0 Å². The third-order valence-corrected chi connectivity index (χ3v) is 5.03. The molecule has 2 heterocycles. The lowest BCUT2D eigenvalue weighted by Gasteiger charge is -2.34. The van der Waals surface area contributed by atoms with Crippen molar-refractivity contribution >= 4 is 29.9 Å². The Kier molecular flexibility index (Phi) is 12.2. The number of hydrogen-bond acceptors (Lipinski definition) is 5. The highest BCUT2D eigenvalue weighted by molar-refractivity contribution is 14.0. The number of rotatable bonds is 10. The van der Waals surface area contributed by atoms with E-state index in [0.29, 0.717) is 31.7 Å². The second-order valence-corrected chi connectivity index (χ2v) is 7.33. The number of para-hydroxylation sites is 1. The van der Waals surface area contributed by atoms with Crippen molar-refractivity contribution in [2.24, 2.45) is 4.99 Å². The number of benzene rings is 1. The van der Waals surface area contributed by atoms with Gasteiger partial charge in [-0.25, -0.2) is 9.98 Å². The number of aliphatic imine (C=N–C) groups is 1. The van der Waals surface area contributed by atoms with Gasteiger partial charge in [-0.05, 0) is 44.4 Å². The van der Waals surface area contributed by atoms with Gasteiger partial charge < -0.3 is 24.4 Å². The molecule has 0 unspecified atom stereocenters. The average Bonchev–Trinajstić information content (AvgIpc) is 2.82. The van der Waals surface area contributed by atoms with E-state index in [1.54, 1.807) is 0 Å². The highest BCUT2D eigenvalue weighted by Crippen LogP contribution is 2.15. The van der Waals surface area contributed by atoms with Crippen LogP contribution in [0.2, 0.25) is 0 Å². The Morgan fingerprint density at radius 3 is 2.47 bits per heavy atom. The zero-order valence-corrected chi connectivity index (χ0v) is 21.4. The van der Waals surface area contributed by atoms with Crippen molar-refractivity contribution in [2.45, 2.75) is 39.3 Å². The van der Waals surface area contributed by atoms with Crippen LogP contribution in [-0.4, -0.2) is 61.4 Å². The fraction of sp³-hybridized carbons (Fsp3) is 0.500. The first-order valence-electron chi connectivity index (χ1n) is 11.2. The second kappa shape index (κ2) is 14.9. The predicted molar refractivity (Wildman–Crippen MR) is 138 cm³/mol. The summed E-state index contributed by atoms with van der Waals surface area (Å²) in [7, 11) is 0. The monoisotopic (exact) mass is 554 g/mol. The minimum atomic E-state index is 0. The van der Waals surface area contributed by atoms with Gasteiger partial charge in [0.15, 0.2) is 5.96 Å². The molecule has 0 spiro atoms. The Morgan fingerprint density at radius 1 is 1.06 bits per heavy atom. The summed E-state index contributed by atoms with van der Waals surface area (Å²) in [6, 6.07) is 13.6. The van der Waals surface area contributed by atoms with Crippen LogP contribution < -0.4 is 14.8 Å². The maximum Gasteiger partial charge on any atom is 0.213 e. The molecule has 1 aromatic carbocycles. The van der Waals surface area contributed by atoms with E-state index in [1.165, 1.54) is 0 Å². The number of piperidine rings is 1. The molecule has 2 aromatic rings. The summed E-state index contributed by atoms with van der Waals surface area (Å²) >= 11 is 0. The first kappa shape index (κ1) is 26.2. The molecule has 0 bridgehead atoms. The smallest absolute Gasteiger partial charge is 0.213 e. The van der Waals surface area contributed by atoms with Crippen LogP contribution in [0.15, 0.2) is 53.7 Å². The summed E-state index contributed by atoms with van der Waals surface area (Å²) < 4.78 is 17.0. The summed E-state index contributed by atoms with van der Waals surface area (Å²) in [5.41, 5.74) is 1.05. The van der Waals surface area contributed by atoms with Crippen LogP contribution in [0.5, 0.6) is 11.6 Å². The molecule has 1 aromatic heterocycles. The van der Waals surface area contributed by atoms with Crippen molar-refractivity contribution in [3.05, 3.63) is 54.2 Å². The van der Waals surface area contributed by atoms with E-state index in [1.807, 2.05) is 48.7 Å². The van der Waals surface area contributed by atoms with Gasteiger partial charge in [0.25, 0.3) is 0 Å². The zero-order valence-electron chi connectivity index (χ0n) is 19.0. The summed E-state index contributed by atoms with van der Waals surface area (Å²) in [5, 5.41) is 3.40. The Labute approximate surface area is 208 Å². The molecule has 1 fully saturated rings. The van der Waals surface area contributed by atoms with Gasteiger partial charge in [0, 0.05) is 38.5 Å². The van der Waals surface area contributed by atoms with Crippen LogP contribution in [0.3, 0.4) is 0 Å². The van der Waals surface area contributed by atoms with Crippen LogP contribution in [0.25, 0.3) is 0 Å². The van der Waals surface area contributed by atoms with Gasteiger partial charge in [-0.1, -0.05) is 24.3 Å². The van der Waals surface area contributed by atoms with Gasteiger partial charge in [0.05, 0.1) is 12.6 Å². The normalized spacial score (nSPS) is 14.6. The Bertz CT molecular complexity index is 782. The van der Waals surface area contributed by atoms with Crippen LogP contribution in [0, 0.1) is 0 Å². The standard InChI is InChI=1S/C24H34N4O3.HI/c1-3-25-24(28-14-12-22(13-15-28)29-4-2)27-19-20-10-11-23(26-18-20)31-17-16-30-21-8-6-5-7-9-21;/h5-11,18,22H,3-4,12-17,19H2,1-2H3,(H,25,27);1H. The molecule has 0 amide bonds. The molecule has 8 heteroatoms. The van der Waals surface area contributed by atoms with Crippen molar-refractivity contribution in [2.75, 3.05) is 39.5 Å². The number of guanidine groups is 1. The van der Waals surface area contributed by atoms with E-state index in [-0.39, 0.29) is 24.0 Å². The third kappa shape index (κ3) is 8.82. The molecular weight excluding hydrogens is 519 g/mol. The molecule has 3 rings (SSSR count). The van der Waals surface area contributed by atoms with Gasteiger partial charge in [0.1, 0.15) is 19.0 Å². The van der Waals surface area contributed by atoms with Crippen LogP contribution in [-0.2, 0) is 11.3 Å². The number of halogens is 1. The summed E-state index contributed by atoms with van der Waals surface area (Å²) in [6.45, 7) is 9.22. The molecule has 0 radical (unpaired) electrons. The van der Waals surface area contributed by atoms with Gasteiger partial charge >= 0.3 is 0 Å². The molecule has 1 aliphatic rings. The maximum absolute atomic E-state index is 5.75. The molecule has 0 atom stereocenters. The number of aromatic nitrogens is 1. The summed E-state index contributed by atoms with van der Waals surface area (Å²) in [4.78, 5) is 11.5. The third-order valence-electron chi connectivity index (χ3n) is 5.03. The van der Waals surface area contributed by atoms with Gasteiger partial charge in [-0.3, -0.25) is 0 Å². The molecule has 7 nitrogen and oxygen atoms in total. The minimum absolute atomic E-state index is 0. The first-order valence-corrected chi connectivity index (χ1v) is 11.2. The molecule has 1 N–H and O–H groups in total. The molecule has 1 aliphatic heterocycles. The van der Waals surface area contributed by atoms with Crippen molar-refractivity contribution < 1.29 is 14.2 Å². The number of likely N-dealkylation sites (tertiary alicyclic amines) is 1. The van der Waals surface area contributed by atoms with Gasteiger partial charge in [-0.2, -0.15) is 0 Å². The summed E-state index contributed by atoms with van der Waals surface area (Å²) in [6.07, 6.45) is 4.28. The second-order valence-electron chi connectivity index (χ2n) is 7.33. The van der Waals surface area contributed by atoms with Crippen LogP contribution in [0.1, 0.15) is 32.3 Å². The van der Waals surface area contributed by atoms with Gasteiger partial charge in [0.2, 0.25) is 5.88 Å². The Balaban J connectivity index is 0.00000363. The van der Waals surface area contributed by atoms with E-state index in [2.05, 4.69) is 29.0 Å². The SMILES string of the molecule is CCNC(=NCc1ccc(OCCOc2ccccc2)nc1)N1CCC(OCC)CC1.I. The topological polar surface area (TPSA) is 68.2 Å². The number of ether oxygens (including phenoxy) is 3. The molecule has 176 valence electrons.